The fourth-order valence-corrected chi connectivity index (χ4v) is 6.69. The van der Waals surface area contributed by atoms with E-state index in [1.54, 1.807) is 12.1 Å². The van der Waals surface area contributed by atoms with Crippen molar-refractivity contribution in [3.05, 3.63) is 60.7 Å². The summed E-state index contributed by atoms with van der Waals surface area (Å²) in [7, 11) is -3.72. The van der Waals surface area contributed by atoms with Gasteiger partial charge in [-0.3, -0.25) is 9.59 Å². The first-order chi connectivity index (χ1) is 17.4. The van der Waals surface area contributed by atoms with Gasteiger partial charge in [0, 0.05) is 6.07 Å². The van der Waals surface area contributed by atoms with E-state index in [0.29, 0.717) is 43.5 Å². The van der Waals surface area contributed by atoms with Gasteiger partial charge in [-0.2, -0.15) is 4.31 Å². The van der Waals surface area contributed by atoms with E-state index >= 15 is 0 Å². The van der Waals surface area contributed by atoms with Gasteiger partial charge >= 0.3 is 0 Å². The van der Waals surface area contributed by atoms with Crippen molar-refractivity contribution in [3.8, 4) is 11.5 Å². The quantitative estimate of drug-likeness (QED) is 0.525. The van der Waals surface area contributed by atoms with Crippen LogP contribution in [0, 0.1) is 0 Å². The van der Waals surface area contributed by atoms with Crippen LogP contribution >= 0.6 is 0 Å². The van der Waals surface area contributed by atoms with Crippen molar-refractivity contribution < 1.29 is 32.4 Å². The van der Waals surface area contributed by atoms with Gasteiger partial charge in [0.1, 0.15) is 13.2 Å². The summed E-state index contributed by atoms with van der Waals surface area (Å²) < 4.78 is 39.0. The third kappa shape index (κ3) is 3.91. The minimum absolute atomic E-state index is 0.121. The average Bonchev–Trinajstić information content (AvgIpc) is 3.21. The van der Waals surface area contributed by atoms with Crippen LogP contribution in [-0.2, 0) is 19.6 Å². The summed E-state index contributed by atoms with van der Waals surface area (Å²) in [6.07, 6.45) is 0.121. The number of sulfonamides is 1. The lowest BCUT2D eigenvalue weighted by Gasteiger charge is -2.33. The molecule has 6 rings (SSSR count). The third-order valence-corrected chi connectivity index (χ3v) is 9.04. The second kappa shape index (κ2) is 8.88. The monoisotopic (exact) mass is 508 g/mol. The number of carbonyl (C=O) groups excluding carboxylic acids is 2. The Hall–Kier alpha value is -3.47. The highest BCUT2D eigenvalue weighted by Gasteiger charge is 2.47. The maximum Gasteiger partial charge on any atom is 0.292 e. The number of fused-ring (bicyclic) bond motifs is 2. The molecule has 3 heterocycles. The summed E-state index contributed by atoms with van der Waals surface area (Å²) in [5, 5.41) is 2.00. The number of benzene rings is 3. The Balaban J connectivity index is 1.15. The van der Waals surface area contributed by atoms with Crippen molar-refractivity contribution in [3.63, 3.8) is 0 Å². The van der Waals surface area contributed by atoms with Crippen LogP contribution < -0.4 is 19.3 Å². The van der Waals surface area contributed by atoms with Gasteiger partial charge in [-0.1, -0.05) is 30.3 Å². The summed E-state index contributed by atoms with van der Waals surface area (Å²) in [6, 6.07) is 17.5. The number of amides is 2. The van der Waals surface area contributed by atoms with E-state index in [0.717, 1.165) is 15.7 Å². The molecule has 2 amide bonds. The Bertz CT molecular complexity index is 1470. The molecule has 0 saturated carbocycles. The second-order valence-electron chi connectivity index (χ2n) is 9.22. The number of rotatable bonds is 4. The summed E-state index contributed by atoms with van der Waals surface area (Å²) in [5.41, 5.74) is 0.574. The number of piperazine rings is 1. The molecule has 36 heavy (non-hydrogen) atoms. The van der Waals surface area contributed by atoms with E-state index in [1.807, 2.05) is 36.4 Å². The van der Waals surface area contributed by atoms with Gasteiger partial charge in [-0.25, -0.2) is 13.3 Å². The molecular weight excluding hydrogens is 482 g/mol. The van der Waals surface area contributed by atoms with Gasteiger partial charge < -0.3 is 14.4 Å². The fourth-order valence-electron chi connectivity index (χ4n) is 5.23. The van der Waals surface area contributed by atoms with Crippen molar-refractivity contribution in [2.24, 2.45) is 0 Å². The highest BCUT2D eigenvalue weighted by Crippen LogP contribution is 2.33. The first-order valence-corrected chi connectivity index (χ1v) is 13.5. The molecule has 1 atom stereocenters. The van der Waals surface area contributed by atoms with E-state index in [1.165, 1.54) is 21.3 Å². The standard InChI is InChI=1S/C26H25N3O6S/c30-25-17-22(26(31)29(25)20-6-5-18-3-1-2-4-19(18)15-20)27-9-11-28(12-10-27)36(32,33)21-7-8-23-24(16-21)35-14-13-34-23/h1-8,15-16,22H,9-14,17H2/p+1/t22-/m0/s1. The summed E-state index contributed by atoms with van der Waals surface area (Å²) >= 11 is 0. The maximum atomic E-state index is 13.3. The van der Waals surface area contributed by atoms with Crippen LogP contribution in [0.3, 0.4) is 0 Å². The molecule has 3 aliphatic rings. The number of hydrogen-bond donors (Lipinski definition) is 1. The lowest BCUT2D eigenvalue weighted by molar-refractivity contribution is -0.918. The Kier molecular flexibility index (Phi) is 5.66. The fraction of sp³-hybridized carbons (Fsp3) is 0.308. The second-order valence-corrected chi connectivity index (χ2v) is 11.2. The molecule has 0 radical (unpaired) electrons. The molecule has 2 fully saturated rings. The zero-order valence-corrected chi connectivity index (χ0v) is 20.4. The first-order valence-electron chi connectivity index (χ1n) is 12.0. The number of nitrogens with zero attached hydrogens (tertiary/aromatic N) is 2. The van der Waals surface area contributed by atoms with Crippen LogP contribution in [-0.4, -0.2) is 70.0 Å². The number of carbonyl (C=O) groups is 2. The number of anilines is 1. The summed E-state index contributed by atoms with van der Waals surface area (Å²) in [5.74, 6) is 0.512. The Morgan fingerprint density at radius 3 is 2.33 bits per heavy atom. The van der Waals surface area contributed by atoms with Crippen molar-refractivity contribution in [2.75, 3.05) is 44.3 Å². The third-order valence-electron chi connectivity index (χ3n) is 7.15. The number of quaternary nitrogens is 1. The van der Waals surface area contributed by atoms with E-state index in [2.05, 4.69) is 0 Å². The Labute approximate surface area is 208 Å². The van der Waals surface area contributed by atoms with Gasteiger partial charge in [0.15, 0.2) is 17.5 Å². The van der Waals surface area contributed by atoms with Crippen LogP contribution in [0.15, 0.2) is 65.6 Å². The highest BCUT2D eigenvalue weighted by molar-refractivity contribution is 7.89. The van der Waals surface area contributed by atoms with E-state index in [4.69, 9.17) is 9.47 Å². The van der Waals surface area contributed by atoms with Crippen molar-refractivity contribution >= 4 is 38.3 Å². The van der Waals surface area contributed by atoms with Gasteiger partial charge in [0.05, 0.1) is 43.2 Å². The molecule has 3 aromatic rings. The van der Waals surface area contributed by atoms with E-state index in [9.17, 15) is 18.0 Å². The molecule has 0 bridgehead atoms. The molecule has 0 aromatic heterocycles. The van der Waals surface area contributed by atoms with Gasteiger partial charge in [-0.15, -0.1) is 0 Å². The molecule has 0 spiro atoms. The summed E-state index contributed by atoms with van der Waals surface area (Å²) in [4.78, 5) is 28.6. The SMILES string of the molecule is O=C1C[C@H]([NH+]2CCN(S(=O)(=O)c3ccc4c(c3)OCCO4)CC2)C(=O)N1c1ccc2ccccc2c1. The molecule has 0 unspecified atom stereocenters. The predicted octanol–water partition coefficient (Wildman–Crippen LogP) is 0.832. The molecule has 186 valence electrons. The normalized spacial score (nSPS) is 21.3. The molecule has 2 saturated heterocycles. The van der Waals surface area contributed by atoms with E-state index < -0.39 is 16.1 Å². The minimum Gasteiger partial charge on any atom is -0.486 e. The van der Waals surface area contributed by atoms with Gasteiger partial charge in [-0.05, 0) is 35.0 Å². The molecule has 3 aromatic carbocycles. The molecule has 9 nitrogen and oxygen atoms in total. The highest BCUT2D eigenvalue weighted by atomic mass is 32.2. The van der Waals surface area contributed by atoms with Gasteiger partial charge in [0.2, 0.25) is 15.9 Å². The van der Waals surface area contributed by atoms with Crippen LogP contribution in [0.2, 0.25) is 0 Å². The first kappa shape index (κ1) is 23.0. The van der Waals surface area contributed by atoms with Gasteiger partial charge in [0.25, 0.3) is 5.91 Å². The molecule has 0 aliphatic carbocycles. The minimum atomic E-state index is -3.72. The molecular formula is C26H26N3O6S+. The predicted molar refractivity (Wildman–Crippen MR) is 132 cm³/mol. The van der Waals surface area contributed by atoms with Crippen molar-refractivity contribution in [1.82, 2.24) is 4.31 Å². The van der Waals surface area contributed by atoms with E-state index in [-0.39, 0.29) is 36.2 Å². The Morgan fingerprint density at radius 1 is 0.833 bits per heavy atom. The molecule has 3 aliphatic heterocycles. The topological polar surface area (TPSA) is 97.7 Å². The van der Waals surface area contributed by atoms with Crippen molar-refractivity contribution in [2.45, 2.75) is 17.4 Å². The maximum absolute atomic E-state index is 13.3. The van der Waals surface area contributed by atoms with Crippen LogP contribution in [0.5, 0.6) is 11.5 Å². The van der Waals surface area contributed by atoms with Crippen molar-refractivity contribution in [1.29, 1.82) is 0 Å². The summed E-state index contributed by atoms with van der Waals surface area (Å²) in [6.45, 7) is 2.23. The van der Waals surface area contributed by atoms with Crippen LogP contribution in [0.1, 0.15) is 6.42 Å². The smallest absolute Gasteiger partial charge is 0.292 e. The van der Waals surface area contributed by atoms with Crippen LogP contribution in [0.25, 0.3) is 10.8 Å². The van der Waals surface area contributed by atoms with Crippen LogP contribution in [0.4, 0.5) is 5.69 Å². The lowest BCUT2D eigenvalue weighted by atomic mass is 10.1. The molecule has 1 N–H and O–H groups in total. The number of ether oxygens (including phenoxy) is 2. The largest absolute Gasteiger partial charge is 0.486 e. The lowest BCUT2D eigenvalue weighted by Crippen LogP contribution is -3.19. The zero-order chi connectivity index (χ0) is 24.9. The number of hydrogen-bond acceptors (Lipinski definition) is 6. The molecule has 10 heteroatoms. The number of imide groups is 1. The zero-order valence-electron chi connectivity index (χ0n) is 19.6. The average molecular weight is 509 g/mol. The Morgan fingerprint density at radius 2 is 1.56 bits per heavy atom. The number of nitrogens with one attached hydrogen (secondary N) is 1.